The summed E-state index contributed by atoms with van der Waals surface area (Å²) in [5.74, 6) is -1.31. The van der Waals surface area contributed by atoms with Gasteiger partial charge in [0, 0.05) is 16.6 Å². The van der Waals surface area contributed by atoms with Gasteiger partial charge in [-0.2, -0.15) is 0 Å². The smallest absolute Gasteiger partial charge is 0.348 e. The minimum atomic E-state index is -2.24. The van der Waals surface area contributed by atoms with Crippen LogP contribution in [-0.2, 0) is 26.5 Å². The van der Waals surface area contributed by atoms with Gasteiger partial charge in [-0.3, -0.25) is 4.90 Å². The fourth-order valence-corrected chi connectivity index (χ4v) is 5.26. The first-order valence-electron chi connectivity index (χ1n) is 13.7. The van der Waals surface area contributed by atoms with Gasteiger partial charge >= 0.3 is 11.9 Å². The molecule has 4 rings (SSSR count). The Kier molecular flexibility index (Phi) is 10.3. The van der Waals surface area contributed by atoms with Crippen molar-refractivity contribution in [3.05, 3.63) is 87.9 Å². The van der Waals surface area contributed by atoms with E-state index in [-0.39, 0.29) is 18.8 Å². The van der Waals surface area contributed by atoms with Crippen LogP contribution < -0.4 is 5.73 Å². The summed E-state index contributed by atoms with van der Waals surface area (Å²) >= 11 is 3.46. The van der Waals surface area contributed by atoms with Crippen LogP contribution in [0.25, 0.3) is 11.1 Å². The zero-order valence-electron chi connectivity index (χ0n) is 22.8. The van der Waals surface area contributed by atoms with Crippen LogP contribution in [0.1, 0.15) is 60.5 Å². The van der Waals surface area contributed by atoms with E-state index in [1.165, 1.54) is 19.8 Å². The molecule has 1 saturated heterocycles. The number of benzene rings is 3. The first-order chi connectivity index (χ1) is 19.3. The summed E-state index contributed by atoms with van der Waals surface area (Å²) in [5, 5.41) is 0. The first kappa shape index (κ1) is 29.7. The predicted molar refractivity (Wildman–Crippen MR) is 158 cm³/mol. The summed E-state index contributed by atoms with van der Waals surface area (Å²) in [4.78, 5) is 27.4. The number of likely N-dealkylation sites (tertiary alicyclic amines) is 1. The lowest BCUT2D eigenvalue weighted by Crippen LogP contribution is -2.30. The van der Waals surface area contributed by atoms with Crippen molar-refractivity contribution in [1.29, 1.82) is 0 Å². The van der Waals surface area contributed by atoms with Crippen molar-refractivity contribution >= 4 is 33.6 Å². The Hall–Kier alpha value is -3.23. The standard InChI is InChI=1S/C32H36BrFN2O4/c1-32(34,27-14-12-24(13-15-27)23-10-4-2-5-11-23)31(38)40-19-9-3-8-18-39-30(37)25-20-26(29(35)28(33)21-25)22-36-16-6-7-17-36/h2,4-5,10-15,20-21H,3,6-9,16-19,22,35H2,1H3. The number of ether oxygens (including phenoxy) is 2. The van der Waals surface area contributed by atoms with Crippen molar-refractivity contribution in [3.8, 4) is 11.1 Å². The minimum absolute atomic E-state index is 0.0964. The number of nitrogen functional groups attached to an aromatic ring is 1. The van der Waals surface area contributed by atoms with Gasteiger partial charge in [-0.05, 0) is 96.9 Å². The Morgan fingerprint density at radius 3 is 2.23 bits per heavy atom. The number of hydrogen-bond donors (Lipinski definition) is 1. The van der Waals surface area contributed by atoms with Gasteiger partial charge in [0.15, 0.2) is 0 Å². The molecule has 0 amide bonds. The molecule has 1 unspecified atom stereocenters. The van der Waals surface area contributed by atoms with Crippen molar-refractivity contribution in [1.82, 2.24) is 4.90 Å². The molecule has 1 atom stereocenters. The number of nitrogens with two attached hydrogens (primary N) is 1. The lowest BCUT2D eigenvalue weighted by molar-refractivity contribution is -0.157. The second-order valence-corrected chi connectivity index (χ2v) is 11.1. The molecule has 8 heteroatoms. The number of carbonyl (C=O) groups is 2. The number of carbonyl (C=O) groups excluding carboxylic acids is 2. The van der Waals surface area contributed by atoms with Crippen LogP contribution in [0.3, 0.4) is 0 Å². The third kappa shape index (κ3) is 7.70. The highest BCUT2D eigenvalue weighted by Crippen LogP contribution is 2.30. The molecule has 3 aromatic rings. The van der Waals surface area contributed by atoms with Crippen molar-refractivity contribution < 1.29 is 23.5 Å². The van der Waals surface area contributed by atoms with Crippen LogP contribution in [0.15, 0.2) is 71.2 Å². The van der Waals surface area contributed by atoms with E-state index in [1.54, 1.807) is 30.3 Å². The molecule has 1 aliphatic heterocycles. The van der Waals surface area contributed by atoms with Gasteiger partial charge in [0.25, 0.3) is 0 Å². The summed E-state index contributed by atoms with van der Waals surface area (Å²) < 4.78 is 26.6. The Bertz CT molecular complexity index is 1290. The van der Waals surface area contributed by atoms with Gasteiger partial charge in [0.1, 0.15) is 0 Å². The monoisotopic (exact) mass is 610 g/mol. The molecule has 2 N–H and O–H groups in total. The van der Waals surface area contributed by atoms with E-state index in [9.17, 15) is 9.59 Å². The number of hydrogen-bond acceptors (Lipinski definition) is 6. The zero-order valence-corrected chi connectivity index (χ0v) is 24.4. The quantitative estimate of drug-likeness (QED) is 0.134. The average molecular weight is 612 g/mol. The molecule has 40 heavy (non-hydrogen) atoms. The summed E-state index contributed by atoms with van der Waals surface area (Å²) in [6, 6.07) is 20.1. The number of nitrogens with zero attached hydrogens (tertiary/aromatic N) is 1. The van der Waals surface area contributed by atoms with Gasteiger partial charge in [-0.25, -0.2) is 14.0 Å². The number of esters is 2. The summed E-state index contributed by atoms with van der Waals surface area (Å²) in [7, 11) is 0. The minimum Gasteiger partial charge on any atom is -0.463 e. The van der Waals surface area contributed by atoms with Gasteiger partial charge in [-0.15, -0.1) is 0 Å². The van der Waals surface area contributed by atoms with Gasteiger partial charge in [0.2, 0.25) is 5.67 Å². The topological polar surface area (TPSA) is 81.9 Å². The second kappa shape index (κ2) is 13.9. The van der Waals surface area contributed by atoms with Crippen LogP contribution in [0.2, 0.25) is 0 Å². The van der Waals surface area contributed by atoms with Crippen molar-refractivity contribution in [2.45, 2.75) is 51.2 Å². The van der Waals surface area contributed by atoms with Crippen molar-refractivity contribution in [3.63, 3.8) is 0 Å². The zero-order chi connectivity index (χ0) is 28.5. The molecule has 0 radical (unpaired) electrons. The summed E-state index contributed by atoms with van der Waals surface area (Å²) in [5.41, 5.74) is 8.21. The molecule has 1 fully saturated rings. The van der Waals surface area contributed by atoms with Crippen LogP contribution >= 0.6 is 15.9 Å². The summed E-state index contributed by atoms with van der Waals surface area (Å²) in [6.07, 6.45) is 4.17. The van der Waals surface area contributed by atoms with E-state index < -0.39 is 17.6 Å². The predicted octanol–water partition coefficient (Wildman–Crippen LogP) is 7.05. The number of halogens is 2. The Labute approximate surface area is 243 Å². The number of unbranched alkanes of at least 4 members (excludes halogenated alkanes) is 2. The van der Waals surface area contributed by atoms with E-state index >= 15 is 4.39 Å². The van der Waals surface area contributed by atoms with Crippen LogP contribution in [0, 0.1) is 0 Å². The SMILES string of the molecule is CC(F)(C(=O)OCCCCCOC(=O)c1cc(Br)c(N)c(CN2CCCC2)c1)c1ccc(-c2ccccc2)cc1. The molecule has 0 bridgehead atoms. The highest BCUT2D eigenvalue weighted by molar-refractivity contribution is 9.10. The third-order valence-electron chi connectivity index (χ3n) is 7.22. The lowest BCUT2D eigenvalue weighted by atomic mass is 9.95. The lowest BCUT2D eigenvalue weighted by Gasteiger charge is -2.19. The van der Waals surface area contributed by atoms with E-state index in [0.29, 0.717) is 41.5 Å². The highest BCUT2D eigenvalue weighted by atomic mass is 79.9. The number of rotatable bonds is 12. The molecule has 1 aliphatic rings. The van der Waals surface area contributed by atoms with Gasteiger partial charge < -0.3 is 15.2 Å². The molecule has 0 aliphatic carbocycles. The van der Waals surface area contributed by atoms with E-state index in [2.05, 4.69) is 20.8 Å². The summed E-state index contributed by atoms with van der Waals surface area (Å²) in [6.45, 7) is 4.34. The van der Waals surface area contributed by atoms with Gasteiger partial charge in [0.05, 0.1) is 24.5 Å². The van der Waals surface area contributed by atoms with Gasteiger partial charge in [-0.1, -0.05) is 54.6 Å². The molecular formula is C32H36BrFN2O4. The molecule has 0 saturated carbocycles. The van der Waals surface area contributed by atoms with E-state index in [0.717, 1.165) is 29.8 Å². The Morgan fingerprint density at radius 2 is 1.55 bits per heavy atom. The fourth-order valence-electron chi connectivity index (χ4n) is 4.76. The maximum Gasteiger partial charge on any atom is 0.348 e. The third-order valence-corrected chi connectivity index (χ3v) is 7.87. The second-order valence-electron chi connectivity index (χ2n) is 10.3. The van der Waals surface area contributed by atoms with E-state index in [1.807, 2.05) is 36.4 Å². The van der Waals surface area contributed by atoms with Crippen LogP contribution in [0.4, 0.5) is 10.1 Å². The highest BCUT2D eigenvalue weighted by Gasteiger charge is 2.36. The van der Waals surface area contributed by atoms with Crippen molar-refractivity contribution in [2.24, 2.45) is 0 Å². The molecule has 1 heterocycles. The van der Waals surface area contributed by atoms with Crippen LogP contribution in [0.5, 0.6) is 0 Å². The molecule has 6 nitrogen and oxygen atoms in total. The maximum atomic E-state index is 15.3. The van der Waals surface area contributed by atoms with E-state index in [4.69, 9.17) is 15.2 Å². The maximum absolute atomic E-state index is 15.3. The molecule has 0 spiro atoms. The fraction of sp³-hybridized carbons (Fsp3) is 0.375. The normalized spacial score (nSPS) is 15.0. The molecular weight excluding hydrogens is 575 g/mol. The molecule has 212 valence electrons. The molecule has 3 aromatic carbocycles. The molecule has 0 aromatic heterocycles. The Balaban J connectivity index is 1.17. The largest absolute Gasteiger partial charge is 0.463 e. The average Bonchev–Trinajstić information content (AvgIpc) is 3.48. The Morgan fingerprint density at radius 1 is 0.925 bits per heavy atom. The number of anilines is 1. The van der Waals surface area contributed by atoms with Crippen LogP contribution in [-0.4, -0.2) is 43.1 Å². The first-order valence-corrected chi connectivity index (χ1v) is 14.5. The van der Waals surface area contributed by atoms with Crippen molar-refractivity contribution in [2.75, 3.05) is 32.0 Å². The number of alkyl halides is 1.